The van der Waals surface area contributed by atoms with Gasteiger partial charge in [-0.1, -0.05) is 40.2 Å². The van der Waals surface area contributed by atoms with E-state index in [1.165, 1.54) is 12.8 Å². The molecule has 57 heavy (non-hydrogen) atoms. The van der Waals surface area contributed by atoms with Crippen molar-refractivity contribution in [1.82, 2.24) is 40.5 Å². The van der Waals surface area contributed by atoms with Crippen LogP contribution in [0.2, 0.25) is 0 Å². The fourth-order valence-corrected chi connectivity index (χ4v) is 10.3. The highest BCUT2D eigenvalue weighted by Crippen LogP contribution is 2.45. The van der Waals surface area contributed by atoms with Gasteiger partial charge >= 0.3 is 0 Å². The normalized spacial score (nSPS) is 18.4. The lowest BCUT2D eigenvalue weighted by molar-refractivity contribution is 0.0783. The van der Waals surface area contributed by atoms with Gasteiger partial charge < -0.3 is 20.6 Å². The van der Waals surface area contributed by atoms with Crippen LogP contribution in [0.15, 0.2) is 65.4 Å². The van der Waals surface area contributed by atoms with Gasteiger partial charge in [-0.3, -0.25) is 9.59 Å². The number of aryl methyl sites for hydroxylation is 2. The Bertz CT molecular complexity index is 2750. The number of aromatic nitrogens is 6. The maximum absolute atomic E-state index is 12.9. The molecule has 0 unspecified atom stereocenters. The van der Waals surface area contributed by atoms with Crippen molar-refractivity contribution in [2.45, 2.75) is 88.1 Å². The monoisotopic (exact) mass is 815 g/mol. The minimum atomic E-state index is -0.0467. The molecule has 2 saturated carbocycles. The molecule has 0 atom stereocenters. The van der Waals surface area contributed by atoms with Crippen LogP contribution in [0.25, 0.3) is 45.6 Å². The van der Waals surface area contributed by atoms with Crippen molar-refractivity contribution < 1.29 is 9.59 Å². The minimum Gasteiger partial charge on any atom is -0.356 e. The summed E-state index contributed by atoms with van der Waals surface area (Å²) >= 11 is 3.52. The van der Waals surface area contributed by atoms with Crippen molar-refractivity contribution in [1.29, 1.82) is 5.26 Å². The number of carbonyl (C=O) groups excluding carboxylic acids is 2. The Balaban J connectivity index is 0.000000131. The first-order valence-corrected chi connectivity index (χ1v) is 20.7. The summed E-state index contributed by atoms with van der Waals surface area (Å²) in [6.07, 6.45) is 15.6. The molecule has 4 aliphatic carbocycles. The molecule has 2 aromatic carbocycles. The van der Waals surface area contributed by atoms with E-state index in [2.05, 4.69) is 52.6 Å². The molecule has 0 bridgehead atoms. The average Bonchev–Trinajstić information content (AvgIpc) is 3.79. The maximum atomic E-state index is 12.9. The Hall–Kier alpha value is -5.93. The van der Waals surface area contributed by atoms with Crippen LogP contribution in [0.4, 0.5) is 0 Å². The number of carbonyl (C=O) groups is 2. The van der Waals surface area contributed by atoms with Gasteiger partial charge in [-0.05, 0) is 111 Å². The summed E-state index contributed by atoms with van der Waals surface area (Å²) < 4.78 is 1.00. The predicted molar refractivity (Wildman–Crippen MR) is 217 cm³/mol. The first kappa shape index (κ1) is 34.3. The summed E-state index contributed by atoms with van der Waals surface area (Å²) in [6.45, 7) is 0. The topological polar surface area (TPSA) is 165 Å². The zero-order chi connectivity index (χ0) is 38.5. The fourth-order valence-electron chi connectivity index (χ4n) is 9.86. The first-order chi connectivity index (χ1) is 27.8. The molecule has 2 fully saturated rings. The van der Waals surface area contributed by atoms with E-state index >= 15 is 0 Å². The molecule has 11 nitrogen and oxygen atoms in total. The standard InChI is InChI=1S/C23H19N5O.C22H19BrN4O/c24-11-13-3-1-4-14(9-13)21-25-12-15-5-6-16-18-17(26-20(16)19(15)27-21)10-23(7-2-8-23)28-22(18)29;23-14-4-1-3-12(9-14)20-24-11-13-5-6-15-17-16(25-19(15)18(13)26-20)10-22(7-2-8-22)27-21(17)28/h1,3-4,9,12,26H,2,5-8,10H2,(H,28,29);1,3-4,9,11,25H,2,5-8,10H2,(H,27,28). The molecule has 12 heteroatoms. The highest BCUT2D eigenvalue weighted by Gasteiger charge is 2.46. The van der Waals surface area contributed by atoms with Gasteiger partial charge in [0.1, 0.15) is 0 Å². The number of halogens is 1. The van der Waals surface area contributed by atoms with Gasteiger partial charge in [0.15, 0.2) is 11.6 Å². The summed E-state index contributed by atoms with van der Waals surface area (Å²) in [7, 11) is 0. The fraction of sp³-hybridized carbons (Fsp3) is 0.311. The molecule has 2 aliphatic heterocycles. The summed E-state index contributed by atoms with van der Waals surface area (Å²) in [5.74, 6) is 1.45. The Kier molecular flexibility index (Phi) is 7.71. The van der Waals surface area contributed by atoms with Crippen LogP contribution >= 0.6 is 15.9 Å². The van der Waals surface area contributed by atoms with Crippen molar-refractivity contribution in [2.75, 3.05) is 0 Å². The zero-order valence-corrected chi connectivity index (χ0v) is 32.8. The van der Waals surface area contributed by atoms with E-state index in [0.29, 0.717) is 17.2 Å². The largest absolute Gasteiger partial charge is 0.356 e. The molecule has 0 saturated heterocycles. The Morgan fingerprint density at radius 1 is 0.667 bits per heavy atom. The van der Waals surface area contributed by atoms with E-state index in [1.807, 2.05) is 48.8 Å². The molecule has 2 amide bonds. The number of H-pyrrole nitrogens is 2. The lowest BCUT2D eigenvalue weighted by Gasteiger charge is -2.45. The van der Waals surface area contributed by atoms with Gasteiger partial charge in [0.25, 0.3) is 11.8 Å². The van der Waals surface area contributed by atoms with Crippen LogP contribution < -0.4 is 10.6 Å². The first-order valence-electron chi connectivity index (χ1n) is 19.9. The molecule has 6 aromatic rings. The maximum Gasteiger partial charge on any atom is 0.253 e. The van der Waals surface area contributed by atoms with Gasteiger partial charge in [-0.2, -0.15) is 5.26 Å². The third kappa shape index (κ3) is 5.57. The summed E-state index contributed by atoms with van der Waals surface area (Å²) in [6, 6.07) is 17.5. The summed E-state index contributed by atoms with van der Waals surface area (Å²) in [5, 5.41) is 15.7. The number of benzene rings is 2. The molecule has 6 heterocycles. The lowest BCUT2D eigenvalue weighted by Crippen LogP contribution is -2.58. The van der Waals surface area contributed by atoms with Crippen LogP contribution in [-0.2, 0) is 38.5 Å². The third-order valence-electron chi connectivity index (χ3n) is 13.0. The number of rotatable bonds is 2. The third-order valence-corrected chi connectivity index (χ3v) is 13.5. The highest BCUT2D eigenvalue weighted by molar-refractivity contribution is 9.10. The lowest BCUT2D eigenvalue weighted by atomic mass is 9.71. The van der Waals surface area contributed by atoms with Crippen LogP contribution in [0.5, 0.6) is 0 Å². The SMILES string of the molecule is N#Cc1cccc(-c2ncc3c(n2)-c2[nH]c4c(c2CC3)C(=O)NC2(CCC2)C4)c1.O=C1NC2(CCC2)Cc2[nH]c3c(c21)CCc1cnc(-c2cccc(Br)c2)nc1-3. The minimum absolute atomic E-state index is 0.0203. The highest BCUT2D eigenvalue weighted by atomic mass is 79.9. The van der Waals surface area contributed by atoms with E-state index in [1.54, 1.807) is 12.1 Å². The van der Waals surface area contributed by atoms with Crippen molar-refractivity contribution in [3.05, 3.63) is 116 Å². The number of hydrogen-bond acceptors (Lipinski definition) is 7. The van der Waals surface area contributed by atoms with E-state index in [0.717, 1.165) is 147 Å². The number of aromatic amines is 2. The Labute approximate surface area is 337 Å². The Morgan fingerprint density at radius 2 is 1.18 bits per heavy atom. The molecule has 2 spiro atoms. The average molecular weight is 817 g/mol. The molecule has 282 valence electrons. The van der Waals surface area contributed by atoms with Crippen molar-refractivity contribution in [3.8, 4) is 51.6 Å². The van der Waals surface area contributed by atoms with E-state index in [9.17, 15) is 14.9 Å². The van der Waals surface area contributed by atoms with Gasteiger partial charge in [0, 0.05) is 63.3 Å². The quantitative estimate of drug-likeness (QED) is 0.140. The van der Waals surface area contributed by atoms with Crippen LogP contribution in [0.3, 0.4) is 0 Å². The number of nitriles is 1. The second-order valence-electron chi connectivity index (χ2n) is 16.5. The molecule has 4 aromatic heterocycles. The Morgan fingerprint density at radius 3 is 1.65 bits per heavy atom. The van der Waals surface area contributed by atoms with E-state index in [-0.39, 0.29) is 22.9 Å². The predicted octanol–water partition coefficient (Wildman–Crippen LogP) is 7.53. The summed E-state index contributed by atoms with van der Waals surface area (Å²) in [5.41, 5.74) is 14.4. The van der Waals surface area contributed by atoms with Crippen LogP contribution in [0.1, 0.15) is 98.4 Å². The smallest absolute Gasteiger partial charge is 0.253 e. The van der Waals surface area contributed by atoms with Crippen LogP contribution in [0, 0.1) is 11.3 Å². The molecule has 6 aliphatic rings. The molecule has 0 radical (unpaired) electrons. The summed E-state index contributed by atoms with van der Waals surface area (Å²) in [4.78, 5) is 51.9. The van der Waals surface area contributed by atoms with E-state index in [4.69, 9.17) is 9.97 Å². The van der Waals surface area contributed by atoms with Crippen molar-refractivity contribution in [2.24, 2.45) is 0 Å². The van der Waals surface area contributed by atoms with Crippen molar-refractivity contribution in [3.63, 3.8) is 0 Å². The zero-order valence-electron chi connectivity index (χ0n) is 31.2. The molecular weight excluding hydrogens is 778 g/mol. The van der Waals surface area contributed by atoms with Gasteiger partial charge in [-0.25, -0.2) is 19.9 Å². The van der Waals surface area contributed by atoms with Crippen molar-refractivity contribution >= 4 is 27.7 Å². The van der Waals surface area contributed by atoms with Gasteiger partial charge in [-0.15, -0.1) is 0 Å². The second kappa shape index (κ2) is 12.8. The number of amides is 2. The molecule has 4 N–H and O–H groups in total. The van der Waals surface area contributed by atoms with Gasteiger partial charge in [0.05, 0.1) is 45.5 Å². The van der Waals surface area contributed by atoms with E-state index < -0.39 is 0 Å². The second-order valence-corrected chi connectivity index (χ2v) is 17.4. The van der Waals surface area contributed by atoms with Crippen LogP contribution in [-0.4, -0.2) is 52.8 Å². The molecule has 12 rings (SSSR count). The van der Waals surface area contributed by atoms with Gasteiger partial charge in [0.2, 0.25) is 0 Å². The number of hydrogen-bond donors (Lipinski definition) is 4. The number of fused-ring (bicyclic) bond motifs is 10. The number of nitrogens with zero attached hydrogens (tertiary/aromatic N) is 5. The number of nitrogens with one attached hydrogen (secondary N) is 4. The molecular formula is C45H38BrN9O2.